The van der Waals surface area contributed by atoms with E-state index in [0.717, 1.165) is 12.0 Å². The molecule has 0 bridgehead atoms. The molecule has 3 atom stereocenters. The Hall–Kier alpha value is -1.62. The zero-order valence-electron chi connectivity index (χ0n) is 12.1. The van der Waals surface area contributed by atoms with Crippen molar-refractivity contribution in [1.82, 2.24) is 4.98 Å². The number of carbonyl (C=O) groups excluding carboxylic acids is 1. The molecule has 6 heteroatoms. The van der Waals surface area contributed by atoms with Crippen LogP contribution in [0.4, 0.5) is 5.69 Å². The molecule has 0 saturated heterocycles. The Morgan fingerprint density at radius 3 is 2.67 bits per heavy atom. The third-order valence-corrected chi connectivity index (χ3v) is 4.54. The van der Waals surface area contributed by atoms with Crippen molar-refractivity contribution in [2.75, 3.05) is 5.32 Å². The van der Waals surface area contributed by atoms with Crippen LogP contribution < -0.4 is 5.32 Å². The number of aliphatic carboxylic acids is 1. The molecule has 0 radical (unpaired) electrons. The molecule has 1 aromatic heterocycles. The van der Waals surface area contributed by atoms with Crippen molar-refractivity contribution in [2.24, 2.45) is 17.8 Å². The summed E-state index contributed by atoms with van der Waals surface area (Å²) in [4.78, 5) is 27.7. The third kappa shape index (κ3) is 3.35. The molecule has 0 spiro atoms. The van der Waals surface area contributed by atoms with Crippen LogP contribution in [0.5, 0.6) is 0 Å². The standard InChI is InChI=1S/C15H19ClN2O3/c1-3-9-6-10(11(7-9)15(20)21)14(19)18-12-8(2)4-5-17-13(12)16/h4-5,9-11H,3,6-7H2,1-2H3,(H,18,19)(H,20,21). The first kappa shape index (κ1) is 15.8. The van der Waals surface area contributed by atoms with E-state index < -0.39 is 17.8 Å². The van der Waals surface area contributed by atoms with Crippen LogP contribution in [-0.2, 0) is 9.59 Å². The van der Waals surface area contributed by atoms with E-state index in [4.69, 9.17) is 11.6 Å². The van der Waals surface area contributed by atoms with Crippen LogP contribution in [0.25, 0.3) is 0 Å². The van der Waals surface area contributed by atoms with E-state index in [1.54, 1.807) is 12.3 Å². The fraction of sp³-hybridized carbons (Fsp3) is 0.533. The number of nitrogens with zero attached hydrogens (tertiary/aromatic N) is 1. The van der Waals surface area contributed by atoms with E-state index in [-0.39, 0.29) is 17.0 Å². The van der Waals surface area contributed by atoms with Crippen LogP contribution in [0.2, 0.25) is 5.15 Å². The molecule has 1 aromatic rings. The molecule has 0 aromatic carbocycles. The molecule has 21 heavy (non-hydrogen) atoms. The van der Waals surface area contributed by atoms with Crippen LogP contribution in [0.1, 0.15) is 31.7 Å². The normalized spacial score (nSPS) is 24.8. The van der Waals surface area contributed by atoms with Crippen molar-refractivity contribution in [2.45, 2.75) is 33.1 Å². The van der Waals surface area contributed by atoms with Gasteiger partial charge in [0.2, 0.25) is 5.91 Å². The lowest BCUT2D eigenvalue weighted by Crippen LogP contribution is -2.30. The molecule has 114 valence electrons. The molecule has 0 aliphatic heterocycles. The van der Waals surface area contributed by atoms with Gasteiger partial charge < -0.3 is 10.4 Å². The summed E-state index contributed by atoms with van der Waals surface area (Å²) in [5.41, 5.74) is 1.27. The van der Waals surface area contributed by atoms with Gasteiger partial charge in [-0.3, -0.25) is 9.59 Å². The van der Waals surface area contributed by atoms with Crippen molar-refractivity contribution >= 4 is 29.2 Å². The number of nitrogens with one attached hydrogen (secondary N) is 1. The highest BCUT2D eigenvalue weighted by atomic mass is 35.5. The first-order chi connectivity index (χ1) is 9.93. The minimum atomic E-state index is -0.903. The maximum Gasteiger partial charge on any atom is 0.307 e. The molecule has 1 amide bonds. The highest BCUT2D eigenvalue weighted by Gasteiger charge is 2.42. The Balaban J connectivity index is 2.17. The number of carbonyl (C=O) groups is 2. The predicted octanol–water partition coefficient (Wildman–Crippen LogP) is 3.12. The second kappa shape index (κ2) is 6.43. The molecule has 1 saturated carbocycles. The largest absolute Gasteiger partial charge is 0.481 e. The minimum absolute atomic E-state index is 0.222. The van der Waals surface area contributed by atoms with E-state index in [1.165, 1.54) is 0 Å². The molecule has 2 rings (SSSR count). The highest BCUT2D eigenvalue weighted by molar-refractivity contribution is 6.32. The van der Waals surface area contributed by atoms with Crippen LogP contribution in [0.15, 0.2) is 12.3 Å². The molecular weight excluding hydrogens is 292 g/mol. The number of halogens is 1. The number of carboxylic acids is 1. The average molecular weight is 311 g/mol. The molecule has 1 heterocycles. The summed E-state index contributed by atoms with van der Waals surface area (Å²) >= 11 is 5.99. The monoisotopic (exact) mass is 310 g/mol. The summed E-state index contributed by atoms with van der Waals surface area (Å²) in [5.74, 6) is -2.03. The Kier molecular flexibility index (Phi) is 4.83. The van der Waals surface area contributed by atoms with Crippen molar-refractivity contribution in [3.05, 3.63) is 23.0 Å². The summed E-state index contributed by atoms with van der Waals surface area (Å²) in [7, 11) is 0. The summed E-state index contributed by atoms with van der Waals surface area (Å²) in [6.45, 7) is 3.84. The third-order valence-electron chi connectivity index (χ3n) is 4.25. The van der Waals surface area contributed by atoms with Gasteiger partial charge in [0, 0.05) is 6.20 Å². The van der Waals surface area contributed by atoms with Crippen molar-refractivity contribution < 1.29 is 14.7 Å². The lowest BCUT2D eigenvalue weighted by atomic mass is 9.95. The number of anilines is 1. The summed E-state index contributed by atoms with van der Waals surface area (Å²) in [6.07, 6.45) is 3.62. The number of hydrogen-bond acceptors (Lipinski definition) is 3. The number of amides is 1. The van der Waals surface area contributed by atoms with Gasteiger partial charge in [-0.25, -0.2) is 4.98 Å². The number of pyridine rings is 1. The molecule has 1 fully saturated rings. The lowest BCUT2D eigenvalue weighted by molar-refractivity contribution is -0.145. The minimum Gasteiger partial charge on any atom is -0.481 e. The van der Waals surface area contributed by atoms with Gasteiger partial charge in [-0.15, -0.1) is 0 Å². The number of hydrogen-bond donors (Lipinski definition) is 2. The molecule has 5 nitrogen and oxygen atoms in total. The van der Waals surface area contributed by atoms with E-state index in [1.807, 2.05) is 13.8 Å². The quantitative estimate of drug-likeness (QED) is 0.837. The van der Waals surface area contributed by atoms with Crippen molar-refractivity contribution in [3.63, 3.8) is 0 Å². The van der Waals surface area contributed by atoms with Gasteiger partial charge in [0.15, 0.2) is 5.15 Å². The second-order valence-electron chi connectivity index (χ2n) is 5.58. The van der Waals surface area contributed by atoms with Crippen LogP contribution in [0.3, 0.4) is 0 Å². The van der Waals surface area contributed by atoms with Gasteiger partial charge in [0.25, 0.3) is 0 Å². The fourth-order valence-corrected chi connectivity index (χ4v) is 3.18. The van der Waals surface area contributed by atoms with Gasteiger partial charge in [-0.05, 0) is 37.3 Å². The topological polar surface area (TPSA) is 79.3 Å². The smallest absolute Gasteiger partial charge is 0.307 e. The molecule has 1 aliphatic carbocycles. The zero-order chi connectivity index (χ0) is 15.6. The first-order valence-corrected chi connectivity index (χ1v) is 7.46. The summed E-state index contributed by atoms with van der Waals surface area (Å²) in [5, 5.41) is 12.3. The van der Waals surface area contributed by atoms with Gasteiger partial charge in [-0.2, -0.15) is 0 Å². The SMILES string of the molecule is CCC1CC(C(=O)O)C(C(=O)Nc2c(C)ccnc2Cl)C1. The van der Waals surface area contributed by atoms with Crippen LogP contribution in [0, 0.1) is 24.7 Å². The highest BCUT2D eigenvalue weighted by Crippen LogP contribution is 2.39. The summed E-state index contributed by atoms with van der Waals surface area (Å²) in [6, 6.07) is 1.75. The molecule has 1 aliphatic rings. The maximum atomic E-state index is 12.4. The van der Waals surface area contributed by atoms with E-state index in [2.05, 4.69) is 10.3 Å². The van der Waals surface area contributed by atoms with Crippen molar-refractivity contribution in [3.8, 4) is 0 Å². The molecule has 2 N–H and O–H groups in total. The Labute approximate surface area is 128 Å². The maximum absolute atomic E-state index is 12.4. The summed E-state index contributed by atoms with van der Waals surface area (Å²) < 4.78 is 0. The Bertz CT molecular complexity index is 542. The van der Waals surface area contributed by atoms with Gasteiger partial charge in [-0.1, -0.05) is 24.9 Å². The molecule has 3 unspecified atom stereocenters. The van der Waals surface area contributed by atoms with Crippen molar-refractivity contribution in [1.29, 1.82) is 0 Å². The van der Waals surface area contributed by atoms with E-state index in [0.29, 0.717) is 18.5 Å². The van der Waals surface area contributed by atoms with Gasteiger partial charge in [0.1, 0.15) is 0 Å². The second-order valence-corrected chi connectivity index (χ2v) is 5.94. The van der Waals surface area contributed by atoms with Crippen LogP contribution in [-0.4, -0.2) is 22.0 Å². The van der Waals surface area contributed by atoms with E-state index >= 15 is 0 Å². The van der Waals surface area contributed by atoms with E-state index in [9.17, 15) is 14.7 Å². The number of rotatable bonds is 4. The average Bonchev–Trinajstić information content (AvgIpc) is 2.87. The van der Waals surface area contributed by atoms with Gasteiger partial charge in [0.05, 0.1) is 17.5 Å². The van der Waals surface area contributed by atoms with Gasteiger partial charge >= 0.3 is 5.97 Å². The Morgan fingerprint density at radius 2 is 2.10 bits per heavy atom. The van der Waals surface area contributed by atoms with Crippen LogP contribution >= 0.6 is 11.6 Å². The molecular formula is C15H19ClN2O3. The number of aryl methyl sites for hydroxylation is 1. The number of aromatic nitrogens is 1. The first-order valence-electron chi connectivity index (χ1n) is 7.08. The zero-order valence-corrected chi connectivity index (χ0v) is 12.9. The predicted molar refractivity (Wildman–Crippen MR) is 80.2 cm³/mol. The fourth-order valence-electron chi connectivity index (χ4n) is 2.93. The Morgan fingerprint density at radius 1 is 1.43 bits per heavy atom. The number of carboxylic acid groups (broad SMARTS) is 1. The lowest BCUT2D eigenvalue weighted by Gasteiger charge is -2.17.